The quantitative estimate of drug-likeness (QED) is 0.217. The van der Waals surface area contributed by atoms with Crippen molar-refractivity contribution in [2.75, 3.05) is 0 Å². The van der Waals surface area contributed by atoms with Crippen LogP contribution in [0.5, 0.6) is 0 Å². The van der Waals surface area contributed by atoms with Crippen molar-refractivity contribution in [3.05, 3.63) is 109 Å². The number of benzene rings is 3. The summed E-state index contributed by atoms with van der Waals surface area (Å²) in [5.74, 6) is 1.61. The van der Waals surface area contributed by atoms with Crippen molar-refractivity contribution in [2.24, 2.45) is 0 Å². The minimum Gasteiger partial charge on any atom is -0.264 e. The normalized spacial score (nSPS) is 14.4. The number of pyridine rings is 2. The molecular weight excluding hydrogens is 488 g/mol. The first kappa shape index (κ1) is 24.4. The Bertz CT molecular complexity index is 1680. The van der Waals surface area contributed by atoms with Crippen molar-refractivity contribution < 1.29 is 0 Å². The molecule has 0 spiro atoms. The minimum absolute atomic E-state index is 0. The van der Waals surface area contributed by atoms with E-state index in [1.807, 2.05) is 36.9 Å². The molecule has 4 nitrogen and oxygen atoms in total. The van der Waals surface area contributed by atoms with E-state index >= 15 is 0 Å². The fraction of sp³-hybridized carbons (Fsp3) is 0.212. The first-order valence-electron chi connectivity index (χ1n) is 13.3. The second-order valence-electron chi connectivity index (χ2n) is 10.2. The average Bonchev–Trinajstić information content (AvgIpc) is 3.83. The van der Waals surface area contributed by atoms with Gasteiger partial charge in [-0.1, -0.05) is 36.4 Å². The topological polar surface area (TPSA) is 51.6 Å². The molecule has 0 radical (unpaired) electrons. The van der Waals surface area contributed by atoms with Crippen LogP contribution in [0.3, 0.4) is 0 Å². The van der Waals surface area contributed by atoms with Crippen LogP contribution in [0.15, 0.2) is 91.8 Å². The fourth-order valence-electron chi connectivity index (χ4n) is 5.62. The zero-order valence-corrected chi connectivity index (χ0v) is 22.0. The van der Waals surface area contributed by atoms with E-state index in [2.05, 4.69) is 62.4 Å². The Morgan fingerprint density at radius 2 is 1.32 bits per heavy atom. The first-order chi connectivity index (χ1) is 18.3. The third-order valence-corrected chi connectivity index (χ3v) is 7.74. The molecular formula is C33H29ClN4. The molecule has 3 heterocycles. The van der Waals surface area contributed by atoms with Crippen molar-refractivity contribution in [3.63, 3.8) is 0 Å². The van der Waals surface area contributed by atoms with E-state index < -0.39 is 0 Å². The molecule has 8 rings (SSSR count). The van der Waals surface area contributed by atoms with Crippen molar-refractivity contribution in [1.29, 1.82) is 0 Å². The Morgan fingerprint density at radius 1 is 0.632 bits per heavy atom. The first-order valence-corrected chi connectivity index (χ1v) is 13.3. The molecule has 1 fully saturated rings. The predicted molar refractivity (Wildman–Crippen MR) is 158 cm³/mol. The summed E-state index contributed by atoms with van der Waals surface area (Å²) >= 11 is 0. The third-order valence-electron chi connectivity index (χ3n) is 7.74. The number of rotatable bonds is 2. The van der Waals surface area contributed by atoms with Gasteiger partial charge < -0.3 is 0 Å². The highest BCUT2D eigenvalue weighted by Crippen LogP contribution is 2.40. The lowest BCUT2D eigenvalue weighted by atomic mass is 9.85. The van der Waals surface area contributed by atoms with Crippen LogP contribution in [-0.4, -0.2) is 19.9 Å². The molecule has 0 bridgehead atoms. The lowest BCUT2D eigenvalue weighted by Crippen LogP contribution is -2.03. The molecule has 2 aliphatic carbocycles. The lowest BCUT2D eigenvalue weighted by molar-refractivity contribution is 0.690. The molecule has 1 saturated carbocycles. The summed E-state index contributed by atoms with van der Waals surface area (Å²) in [5, 5.41) is 7.71. The Morgan fingerprint density at radius 3 is 2.03 bits per heavy atom. The van der Waals surface area contributed by atoms with Gasteiger partial charge in [0.05, 0.1) is 0 Å². The fourth-order valence-corrected chi connectivity index (χ4v) is 5.62. The lowest BCUT2D eigenvalue weighted by Gasteiger charge is -2.20. The molecule has 0 aliphatic heterocycles. The van der Waals surface area contributed by atoms with E-state index in [1.165, 1.54) is 76.6 Å². The van der Waals surface area contributed by atoms with Crippen molar-refractivity contribution in [3.8, 4) is 11.1 Å². The second-order valence-corrected chi connectivity index (χ2v) is 10.2. The number of fused-ring (bicyclic) bond motifs is 6. The van der Waals surface area contributed by atoms with Gasteiger partial charge in [-0.3, -0.25) is 9.97 Å². The van der Waals surface area contributed by atoms with Gasteiger partial charge in [-0.2, -0.15) is 0 Å². The molecule has 0 saturated heterocycles. The summed E-state index contributed by atoms with van der Waals surface area (Å²) in [4.78, 5) is 17.3. The van der Waals surface area contributed by atoms with Crippen LogP contribution in [0.25, 0.3) is 43.4 Å². The Balaban J connectivity index is 0.000000203. The van der Waals surface area contributed by atoms with Crippen LogP contribution < -0.4 is 0 Å². The van der Waals surface area contributed by atoms with Gasteiger partial charge in [0.1, 0.15) is 5.82 Å². The molecule has 2 aliphatic rings. The van der Waals surface area contributed by atoms with E-state index in [0.29, 0.717) is 5.92 Å². The molecule has 5 heteroatoms. The molecule has 6 aromatic rings. The van der Waals surface area contributed by atoms with Crippen LogP contribution >= 0.6 is 12.4 Å². The monoisotopic (exact) mass is 516 g/mol. The van der Waals surface area contributed by atoms with Crippen LogP contribution in [0, 0.1) is 0 Å². The second kappa shape index (κ2) is 10.5. The molecule has 0 atom stereocenters. The Labute approximate surface area is 228 Å². The maximum Gasteiger partial charge on any atom is 0.131 e. The summed E-state index contributed by atoms with van der Waals surface area (Å²) in [6, 6.07) is 19.8. The Kier molecular flexibility index (Phi) is 6.73. The van der Waals surface area contributed by atoms with Crippen LogP contribution in [0.4, 0.5) is 0 Å². The number of aryl methyl sites for hydroxylation is 2. The summed E-state index contributed by atoms with van der Waals surface area (Å²) < 4.78 is 0. The molecule has 0 N–H and O–H groups in total. The van der Waals surface area contributed by atoms with Gasteiger partial charge in [-0.05, 0) is 100 Å². The maximum atomic E-state index is 4.68. The van der Waals surface area contributed by atoms with Gasteiger partial charge in [-0.25, -0.2) is 9.97 Å². The SMILES string of the molecule is Cl.c1cc2ccncc2cn1.c1ccc2c(c1)c(-c1cnc(C3CC3)nc1)cc1c3c(ccc12)CCCC3. The van der Waals surface area contributed by atoms with E-state index in [1.54, 1.807) is 18.0 Å². The summed E-state index contributed by atoms with van der Waals surface area (Å²) in [7, 11) is 0. The van der Waals surface area contributed by atoms with Gasteiger partial charge >= 0.3 is 0 Å². The maximum absolute atomic E-state index is 4.68. The van der Waals surface area contributed by atoms with Crippen LogP contribution in [-0.2, 0) is 12.8 Å². The van der Waals surface area contributed by atoms with Crippen molar-refractivity contribution in [2.45, 2.75) is 44.4 Å². The van der Waals surface area contributed by atoms with E-state index in [-0.39, 0.29) is 12.4 Å². The van der Waals surface area contributed by atoms with E-state index in [9.17, 15) is 0 Å². The van der Waals surface area contributed by atoms with Crippen molar-refractivity contribution in [1.82, 2.24) is 19.9 Å². The van der Waals surface area contributed by atoms with Crippen molar-refractivity contribution >= 4 is 44.7 Å². The van der Waals surface area contributed by atoms with Crippen LogP contribution in [0.2, 0.25) is 0 Å². The number of aromatic nitrogens is 4. The number of halogens is 1. The molecule has 188 valence electrons. The van der Waals surface area contributed by atoms with E-state index in [4.69, 9.17) is 0 Å². The third kappa shape index (κ3) is 4.61. The van der Waals surface area contributed by atoms with Gasteiger partial charge in [0.2, 0.25) is 0 Å². The summed E-state index contributed by atoms with van der Waals surface area (Å²) in [6.45, 7) is 0. The standard InChI is InChI=1S/C25H22N2.C8H6N2.ClH/c1-2-6-19-16(5-1)11-12-22-20-7-3-4-8-21(20)23(13-24(19)22)18-14-26-25(27-15-18)17-9-10-17;1-3-9-5-8-6-10-4-2-7(1)8;/h3-4,7-8,11-15,17H,1-2,5-6,9-10H2;1-6H;1H. The average molecular weight is 517 g/mol. The van der Waals surface area contributed by atoms with Crippen LogP contribution in [0.1, 0.15) is 48.6 Å². The highest BCUT2D eigenvalue weighted by molar-refractivity contribution is 6.14. The molecule has 3 aromatic heterocycles. The largest absolute Gasteiger partial charge is 0.264 e. The Hall–Kier alpha value is -3.89. The zero-order valence-electron chi connectivity index (χ0n) is 21.2. The smallest absolute Gasteiger partial charge is 0.131 e. The molecule has 3 aromatic carbocycles. The zero-order chi connectivity index (χ0) is 24.6. The summed E-state index contributed by atoms with van der Waals surface area (Å²) in [6.07, 6.45) is 18.7. The summed E-state index contributed by atoms with van der Waals surface area (Å²) in [5.41, 5.74) is 5.49. The number of hydrogen-bond donors (Lipinski definition) is 0. The minimum atomic E-state index is 0. The van der Waals surface area contributed by atoms with Gasteiger partial charge in [-0.15, -0.1) is 12.4 Å². The molecule has 38 heavy (non-hydrogen) atoms. The van der Waals surface area contributed by atoms with Gasteiger partial charge in [0, 0.05) is 54.0 Å². The number of hydrogen-bond acceptors (Lipinski definition) is 4. The highest BCUT2D eigenvalue weighted by atomic mass is 35.5. The predicted octanol–water partition coefficient (Wildman–Crippen LogP) is 8.26. The molecule has 0 unspecified atom stereocenters. The number of nitrogens with zero attached hydrogens (tertiary/aromatic N) is 4. The van der Waals surface area contributed by atoms with Gasteiger partial charge in [0.15, 0.2) is 0 Å². The highest BCUT2D eigenvalue weighted by Gasteiger charge is 2.26. The van der Waals surface area contributed by atoms with Gasteiger partial charge in [0.25, 0.3) is 0 Å². The molecule has 0 amide bonds. The van der Waals surface area contributed by atoms with E-state index in [0.717, 1.165) is 16.8 Å².